The van der Waals surface area contributed by atoms with Crippen LogP contribution in [0, 0.1) is 0 Å². The average molecular weight is 463 g/mol. The van der Waals surface area contributed by atoms with Crippen LogP contribution in [0.5, 0.6) is 0 Å². The molecule has 172 valence electrons. The monoisotopic (exact) mass is 462 g/mol. The molecule has 0 spiro atoms. The summed E-state index contributed by atoms with van der Waals surface area (Å²) in [6, 6.07) is 11.7. The lowest BCUT2D eigenvalue weighted by Gasteiger charge is -2.42. The smallest absolute Gasteiger partial charge is 0.335 e. The summed E-state index contributed by atoms with van der Waals surface area (Å²) < 4.78 is 1.69. The summed E-state index contributed by atoms with van der Waals surface area (Å²) >= 11 is 1.63. The van der Waals surface area contributed by atoms with E-state index in [2.05, 4.69) is 61.4 Å². The first-order valence-corrected chi connectivity index (χ1v) is 12.1. The fourth-order valence-electron chi connectivity index (χ4n) is 4.36. The van der Waals surface area contributed by atoms with Gasteiger partial charge in [-0.1, -0.05) is 75.9 Å². The van der Waals surface area contributed by atoms with Crippen molar-refractivity contribution in [3.63, 3.8) is 0 Å². The van der Waals surface area contributed by atoms with E-state index >= 15 is 0 Å². The van der Waals surface area contributed by atoms with Gasteiger partial charge >= 0.3 is 5.97 Å². The number of carbonyl (C=O) groups is 1. The lowest BCUT2D eigenvalue weighted by molar-refractivity contribution is 0.0697. The molecule has 4 rings (SSSR count). The van der Waals surface area contributed by atoms with Crippen LogP contribution in [-0.4, -0.2) is 31.3 Å². The topological polar surface area (TPSA) is 80.9 Å². The molecule has 0 amide bonds. The minimum atomic E-state index is -0.914. The van der Waals surface area contributed by atoms with Crippen molar-refractivity contribution in [2.45, 2.75) is 62.3 Å². The maximum absolute atomic E-state index is 11.1. The van der Waals surface area contributed by atoms with Gasteiger partial charge in [0, 0.05) is 12.8 Å². The Morgan fingerprint density at radius 2 is 1.70 bits per heavy atom. The molecule has 2 aromatic carbocycles. The van der Waals surface area contributed by atoms with Crippen molar-refractivity contribution in [3.05, 3.63) is 69.8 Å². The molecule has 0 radical (unpaired) electrons. The van der Waals surface area contributed by atoms with Crippen LogP contribution in [0.3, 0.4) is 0 Å². The highest BCUT2D eigenvalue weighted by Gasteiger charge is 2.37. The quantitative estimate of drug-likeness (QED) is 0.373. The van der Waals surface area contributed by atoms with E-state index in [9.17, 15) is 4.79 Å². The first kappa shape index (κ1) is 23.2. The molecule has 0 fully saturated rings. The average Bonchev–Trinajstić information content (AvgIpc) is 3.19. The van der Waals surface area contributed by atoms with Gasteiger partial charge in [-0.2, -0.15) is 0 Å². The van der Waals surface area contributed by atoms with Gasteiger partial charge in [-0.3, -0.25) is 0 Å². The van der Waals surface area contributed by atoms with Crippen LogP contribution in [0.15, 0.2) is 41.6 Å². The molecule has 6 nitrogen and oxygen atoms in total. The number of nitrogens with zero attached hydrogens (tertiary/aromatic N) is 4. The second kappa shape index (κ2) is 8.78. The molecule has 0 atom stereocenters. The van der Waals surface area contributed by atoms with Gasteiger partial charge in [0.1, 0.15) is 0 Å². The van der Waals surface area contributed by atoms with Gasteiger partial charge in [-0.25, -0.2) is 9.48 Å². The largest absolute Gasteiger partial charge is 0.478 e. The number of aromatic carboxylic acids is 1. The molecule has 7 heteroatoms. The summed E-state index contributed by atoms with van der Waals surface area (Å²) in [7, 11) is 1.85. The zero-order valence-corrected chi connectivity index (χ0v) is 20.6. The minimum Gasteiger partial charge on any atom is -0.478 e. The Morgan fingerprint density at radius 1 is 1.06 bits per heavy atom. The number of aryl methyl sites for hydroxylation is 1. The number of carboxylic acid groups (broad SMARTS) is 1. The second-order valence-electron chi connectivity index (χ2n) is 10.00. The van der Waals surface area contributed by atoms with Gasteiger partial charge in [0.2, 0.25) is 5.16 Å². The Bertz CT molecular complexity index is 1210. The number of tetrazole rings is 1. The zero-order chi connectivity index (χ0) is 23.8. The van der Waals surface area contributed by atoms with Gasteiger partial charge in [0.05, 0.1) is 5.56 Å². The molecule has 0 unspecified atom stereocenters. The van der Waals surface area contributed by atoms with Crippen LogP contribution in [0.4, 0.5) is 0 Å². The minimum absolute atomic E-state index is 0.121. The van der Waals surface area contributed by atoms with E-state index in [0.717, 1.165) is 29.3 Å². The van der Waals surface area contributed by atoms with Gasteiger partial charge in [-0.15, -0.1) is 5.10 Å². The molecule has 1 aliphatic rings. The second-order valence-corrected chi connectivity index (χ2v) is 10.9. The van der Waals surface area contributed by atoms with Crippen molar-refractivity contribution in [1.82, 2.24) is 20.2 Å². The van der Waals surface area contributed by atoms with E-state index in [1.807, 2.05) is 25.3 Å². The van der Waals surface area contributed by atoms with Gasteiger partial charge in [0.15, 0.2) is 0 Å². The Kier molecular flexibility index (Phi) is 6.18. The van der Waals surface area contributed by atoms with Crippen LogP contribution in [0.2, 0.25) is 0 Å². The summed E-state index contributed by atoms with van der Waals surface area (Å²) in [6.07, 6.45) is 6.51. The Morgan fingerprint density at radius 3 is 2.27 bits per heavy atom. The summed E-state index contributed by atoms with van der Waals surface area (Å²) in [5, 5.41) is 21.7. The molecule has 1 N–H and O–H groups in total. The van der Waals surface area contributed by atoms with Gasteiger partial charge < -0.3 is 5.11 Å². The van der Waals surface area contributed by atoms with Crippen molar-refractivity contribution >= 4 is 29.9 Å². The van der Waals surface area contributed by atoms with E-state index in [1.54, 1.807) is 28.6 Å². The summed E-state index contributed by atoms with van der Waals surface area (Å²) in [4.78, 5) is 11.1. The standard InChI is InChI=1S/C26H30N4O2S/c1-25(2)12-13-26(3,4)22-15-20(16-33-24-27-28-29-30(24)5)19(14-21(22)25)11-8-17-6-9-18(10-7-17)23(31)32/h6-11,14-15H,12-13,16H2,1-5H3,(H,31,32). The number of benzene rings is 2. The number of carboxylic acids is 1. The van der Waals surface area contributed by atoms with Crippen LogP contribution in [0.1, 0.15) is 78.7 Å². The third-order valence-corrected chi connectivity index (χ3v) is 7.72. The molecular weight excluding hydrogens is 432 g/mol. The van der Waals surface area contributed by atoms with Gasteiger partial charge in [0.25, 0.3) is 0 Å². The first-order chi connectivity index (χ1) is 15.6. The predicted molar refractivity (Wildman–Crippen MR) is 132 cm³/mol. The number of aromatic nitrogens is 4. The molecule has 0 aliphatic heterocycles. The Hall–Kier alpha value is -2.93. The summed E-state index contributed by atoms with van der Waals surface area (Å²) in [5.74, 6) is -0.155. The molecule has 1 heterocycles. The molecule has 0 bridgehead atoms. The molecule has 1 aromatic heterocycles. The van der Waals surface area contributed by atoms with Crippen LogP contribution < -0.4 is 0 Å². The van der Waals surface area contributed by atoms with Crippen molar-refractivity contribution < 1.29 is 9.90 Å². The highest BCUT2D eigenvalue weighted by Crippen LogP contribution is 2.47. The zero-order valence-electron chi connectivity index (χ0n) is 19.8. The SMILES string of the molecule is Cn1nnnc1SCc1cc2c(cc1C=Cc1ccc(C(=O)O)cc1)C(C)(C)CCC2(C)C. The fraction of sp³-hybridized carbons (Fsp3) is 0.385. The predicted octanol–water partition coefficient (Wildman–Crippen LogP) is 5.72. The number of fused-ring (bicyclic) bond motifs is 1. The van der Waals surface area contributed by atoms with E-state index in [4.69, 9.17) is 5.11 Å². The number of hydrogen-bond donors (Lipinski definition) is 1. The Balaban J connectivity index is 1.74. The highest BCUT2D eigenvalue weighted by molar-refractivity contribution is 7.98. The molecule has 3 aromatic rings. The molecule has 33 heavy (non-hydrogen) atoms. The molecule has 0 saturated carbocycles. The first-order valence-electron chi connectivity index (χ1n) is 11.1. The normalized spacial score (nSPS) is 16.6. The highest BCUT2D eigenvalue weighted by atomic mass is 32.2. The third-order valence-electron chi connectivity index (χ3n) is 6.66. The lowest BCUT2D eigenvalue weighted by atomic mass is 9.62. The van der Waals surface area contributed by atoms with Crippen LogP contribution in [0.25, 0.3) is 12.2 Å². The van der Waals surface area contributed by atoms with Crippen LogP contribution in [-0.2, 0) is 23.6 Å². The van der Waals surface area contributed by atoms with Gasteiger partial charge in [-0.05, 0) is 74.0 Å². The van der Waals surface area contributed by atoms with E-state index in [-0.39, 0.29) is 10.8 Å². The third kappa shape index (κ3) is 4.88. The lowest BCUT2D eigenvalue weighted by Crippen LogP contribution is -2.34. The van der Waals surface area contributed by atoms with Crippen LogP contribution >= 0.6 is 11.8 Å². The molecule has 0 saturated heterocycles. The number of hydrogen-bond acceptors (Lipinski definition) is 5. The van der Waals surface area contributed by atoms with E-state index in [0.29, 0.717) is 5.56 Å². The maximum Gasteiger partial charge on any atom is 0.335 e. The Labute approximate surface area is 199 Å². The van der Waals surface area contributed by atoms with E-state index < -0.39 is 5.97 Å². The number of thioether (sulfide) groups is 1. The van der Waals surface area contributed by atoms with E-state index in [1.165, 1.54) is 22.3 Å². The van der Waals surface area contributed by atoms with Crippen molar-refractivity contribution in [2.75, 3.05) is 0 Å². The summed E-state index contributed by atoms with van der Waals surface area (Å²) in [6.45, 7) is 9.34. The fourth-order valence-corrected chi connectivity index (χ4v) is 5.22. The van der Waals surface area contributed by atoms with Crippen molar-refractivity contribution in [1.29, 1.82) is 0 Å². The maximum atomic E-state index is 11.1. The molecule has 1 aliphatic carbocycles. The molecular formula is C26H30N4O2S. The summed E-state index contributed by atoms with van der Waals surface area (Å²) in [5.41, 5.74) is 6.76. The van der Waals surface area contributed by atoms with Crippen molar-refractivity contribution in [2.24, 2.45) is 7.05 Å². The number of rotatable bonds is 6. The van der Waals surface area contributed by atoms with Crippen molar-refractivity contribution in [3.8, 4) is 0 Å².